The summed E-state index contributed by atoms with van der Waals surface area (Å²) in [5.74, 6) is 1.37. The minimum absolute atomic E-state index is 0.168. The van der Waals surface area contributed by atoms with Crippen molar-refractivity contribution in [3.63, 3.8) is 0 Å². The number of thioether (sulfide) groups is 1. The zero-order valence-electron chi connectivity index (χ0n) is 9.93. The van der Waals surface area contributed by atoms with Gasteiger partial charge in [0.25, 0.3) is 0 Å². The Bertz CT molecular complexity index is 207. The fraction of sp³-hybridized carbons (Fsp3) is 0.909. The molecule has 0 saturated carbocycles. The Morgan fingerprint density at radius 3 is 2.80 bits per heavy atom. The monoisotopic (exact) mass is 230 g/mol. The standard InChI is InChI=1S/C11H22N2OS/c1-11(2,3)15-8-10(14)13-7-9-4-5-12-6-9/h9,12H,4-8H2,1-3H3,(H,13,14). The molecule has 88 valence electrons. The van der Waals surface area contributed by atoms with Crippen molar-refractivity contribution in [2.75, 3.05) is 25.4 Å². The van der Waals surface area contributed by atoms with Crippen LogP contribution >= 0.6 is 11.8 Å². The summed E-state index contributed by atoms with van der Waals surface area (Å²) < 4.78 is 0.173. The Labute approximate surface area is 96.8 Å². The van der Waals surface area contributed by atoms with Gasteiger partial charge in [-0.15, -0.1) is 11.8 Å². The third kappa shape index (κ3) is 6.05. The van der Waals surface area contributed by atoms with Crippen LogP contribution in [-0.2, 0) is 4.79 Å². The number of hydrogen-bond donors (Lipinski definition) is 2. The van der Waals surface area contributed by atoms with Crippen LogP contribution in [0, 0.1) is 5.92 Å². The minimum atomic E-state index is 0.168. The quantitative estimate of drug-likeness (QED) is 0.763. The number of hydrogen-bond acceptors (Lipinski definition) is 3. The molecule has 1 amide bonds. The van der Waals surface area contributed by atoms with Gasteiger partial charge < -0.3 is 10.6 Å². The van der Waals surface area contributed by atoms with E-state index >= 15 is 0 Å². The fourth-order valence-corrected chi connectivity index (χ4v) is 2.15. The van der Waals surface area contributed by atoms with E-state index in [0.717, 1.165) is 19.6 Å². The van der Waals surface area contributed by atoms with Gasteiger partial charge in [-0.1, -0.05) is 20.8 Å². The van der Waals surface area contributed by atoms with Gasteiger partial charge in [-0.2, -0.15) is 0 Å². The van der Waals surface area contributed by atoms with Crippen LogP contribution < -0.4 is 10.6 Å². The van der Waals surface area contributed by atoms with Crippen LogP contribution in [0.2, 0.25) is 0 Å². The van der Waals surface area contributed by atoms with Crippen LogP contribution in [0.3, 0.4) is 0 Å². The zero-order valence-corrected chi connectivity index (χ0v) is 10.7. The Kier molecular flexibility index (Phi) is 4.93. The molecule has 15 heavy (non-hydrogen) atoms. The van der Waals surface area contributed by atoms with Crippen LogP contribution in [0.1, 0.15) is 27.2 Å². The molecule has 0 radical (unpaired) electrons. The van der Waals surface area contributed by atoms with E-state index in [1.54, 1.807) is 11.8 Å². The Morgan fingerprint density at radius 1 is 1.53 bits per heavy atom. The molecule has 1 fully saturated rings. The molecule has 0 aromatic carbocycles. The Morgan fingerprint density at radius 2 is 2.27 bits per heavy atom. The summed E-state index contributed by atoms with van der Waals surface area (Å²) in [6.45, 7) is 9.37. The van der Waals surface area contributed by atoms with Crippen LogP contribution in [0.4, 0.5) is 0 Å². The van der Waals surface area contributed by atoms with E-state index in [4.69, 9.17) is 0 Å². The van der Waals surface area contributed by atoms with E-state index in [2.05, 4.69) is 31.4 Å². The SMILES string of the molecule is CC(C)(C)SCC(=O)NCC1CCNC1. The van der Waals surface area contributed by atoms with Crippen molar-refractivity contribution in [2.45, 2.75) is 31.9 Å². The molecule has 1 atom stereocenters. The predicted molar refractivity (Wildman–Crippen MR) is 66.2 cm³/mol. The van der Waals surface area contributed by atoms with Gasteiger partial charge in [-0.3, -0.25) is 4.79 Å². The molecule has 0 bridgehead atoms. The van der Waals surface area contributed by atoms with E-state index in [0.29, 0.717) is 11.7 Å². The molecule has 1 aliphatic heterocycles. The van der Waals surface area contributed by atoms with Gasteiger partial charge >= 0.3 is 0 Å². The van der Waals surface area contributed by atoms with E-state index < -0.39 is 0 Å². The van der Waals surface area contributed by atoms with E-state index in [1.807, 2.05) is 0 Å². The highest BCUT2D eigenvalue weighted by atomic mass is 32.2. The normalized spacial score (nSPS) is 21.7. The molecular formula is C11H22N2OS. The lowest BCUT2D eigenvalue weighted by Gasteiger charge is -2.17. The third-order valence-electron chi connectivity index (χ3n) is 2.39. The first kappa shape index (κ1) is 12.8. The maximum atomic E-state index is 11.5. The average Bonchev–Trinajstić information content (AvgIpc) is 2.62. The lowest BCUT2D eigenvalue weighted by atomic mass is 10.1. The lowest BCUT2D eigenvalue weighted by molar-refractivity contribution is -0.118. The van der Waals surface area contributed by atoms with Crippen molar-refractivity contribution in [3.8, 4) is 0 Å². The molecule has 1 rings (SSSR count). The molecule has 1 saturated heterocycles. The summed E-state index contributed by atoms with van der Waals surface area (Å²) in [6.07, 6.45) is 1.19. The molecule has 0 aromatic rings. The van der Waals surface area contributed by atoms with Crippen molar-refractivity contribution in [1.82, 2.24) is 10.6 Å². The van der Waals surface area contributed by atoms with Gasteiger partial charge in [0.2, 0.25) is 5.91 Å². The number of carbonyl (C=O) groups excluding carboxylic acids is 1. The smallest absolute Gasteiger partial charge is 0.230 e. The minimum Gasteiger partial charge on any atom is -0.355 e. The third-order valence-corrected chi connectivity index (χ3v) is 3.66. The molecule has 0 aromatic heterocycles. The lowest BCUT2D eigenvalue weighted by Crippen LogP contribution is -2.32. The second-order valence-corrected chi connectivity index (χ2v) is 6.87. The highest BCUT2D eigenvalue weighted by Gasteiger charge is 2.16. The predicted octanol–water partition coefficient (Wildman–Crippen LogP) is 1.24. The summed E-state index contributed by atoms with van der Waals surface area (Å²) in [6, 6.07) is 0. The van der Waals surface area contributed by atoms with Crippen molar-refractivity contribution >= 4 is 17.7 Å². The average molecular weight is 230 g/mol. The van der Waals surface area contributed by atoms with Crippen molar-refractivity contribution in [2.24, 2.45) is 5.92 Å². The number of amides is 1. The van der Waals surface area contributed by atoms with E-state index in [1.165, 1.54) is 6.42 Å². The van der Waals surface area contributed by atoms with Gasteiger partial charge in [0.15, 0.2) is 0 Å². The first-order chi connectivity index (χ1) is 6.97. The van der Waals surface area contributed by atoms with E-state index in [-0.39, 0.29) is 10.7 Å². The van der Waals surface area contributed by atoms with Crippen LogP contribution in [0.5, 0.6) is 0 Å². The largest absolute Gasteiger partial charge is 0.355 e. The van der Waals surface area contributed by atoms with Crippen molar-refractivity contribution < 1.29 is 4.79 Å². The van der Waals surface area contributed by atoms with Gasteiger partial charge in [0.05, 0.1) is 5.75 Å². The number of rotatable bonds is 4. The zero-order chi connectivity index (χ0) is 11.3. The summed E-state index contributed by atoms with van der Waals surface area (Å²) in [5, 5.41) is 6.29. The van der Waals surface area contributed by atoms with Gasteiger partial charge in [0, 0.05) is 11.3 Å². The number of carbonyl (C=O) groups is 1. The maximum absolute atomic E-state index is 11.5. The molecule has 2 N–H and O–H groups in total. The molecule has 1 aliphatic rings. The summed E-state index contributed by atoms with van der Waals surface area (Å²) >= 11 is 1.70. The van der Waals surface area contributed by atoms with Crippen LogP contribution in [-0.4, -0.2) is 36.0 Å². The highest BCUT2D eigenvalue weighted by Crippen LogP contribution is 2.22. The van der Waals surface area contributed by atoms with Crippen molar-refractivity contribution in [3.05, 3.63) is 0 Å². The second kappa shape index (κ2) is 5.75. The van der Waals surface area contributed by atoms with E-state index in [9.17, 15) is 4.79 Å². The van der Waals surface area contributed by atoms with Gasteiger partial charge in [-0.25, -0.2) is 0 Å². The maximum Gasteiger partial charge on any atom is 0.230 e. The molecule has 1 heterocycles. The van der Waals surface area contributed by atoms with Crippen LogP contribution in [0.15, 0.2) is 0 Å². The van der Waals surface area contributed by atoms with Crippen molar-refractivity contribution in [1.29, 1.82) is 0 Å². The Hall–Kier alpha value is -0.220. The molecule has 0 spiro atoms. The topological polar surface area (TPSA) is 41.1 Å². The summed E-state index contributed by atoms with van der Waals surface area (Å²) in [5.41, 5.74) is 0. The summed E-state index contributed by atoms with van der Waals surface area (Å²) in [4.78, 5) is 11.5. The first-order valence-corrected chi connectivity index (χ1v) is 6.57. The molecular weight excluding hydrogens is 208 g/mol. The first-order valence-electron chi connectivity index (χ1n) is 5.59. The molecule has 4 heteroatoms. The van der Waals surface area contributed by atoms with Gasteiger partial charge in [0.1, 0.15) is 0 Å². The number of nitrogens with one attached hydrogen (secondary N) is 2. The Balaban J connectivity index is 2.08. The fourth-order valence-electron chi connectivity index (χ4n) is 1.48. The van der Waals surface area contributed by atoms with Gasteiger partial charge in [-0.05, 0) is 25.4 Å². The molecule has 0 aliphatic carbocycles. The highest BCUT2D eigenvalue weighted by molar-refractivity contribution is 8.01. The van der Waals surface area contributed by atoms with Crippen LogP contribution in [0.25, 0.3) is 0 Å². The molecule has 3 nitrogen and oxygen atoms in total. The second-order valence-electron chi connectivity index (χ2n) is 5.06. The molecule has 1 unspecified atom stereocenters. The summed E-state index contributed by atoms with van der Waals surface area (Å²) in [7, 11) is 0.